The number of hydrogen-bond donors (Lipinski definition) is 1. The molecule has 0 aliphatic carbocycles. The van der Waals surface area contributed by atoms with Gasteiger partial charge < -0.3 is 10.2 Å². The van der Waals surface area contributed by atoms with Crippen molar-refractivity contribution in [3.8, 4) is 0 Å². The first-order valence-corrected chi connectivity index (χ1v) is 6.27. The standard InChI is InChI=1S/C11H10BrClN2O2/c12-8-5-7(13)1-2-9(8)15-4-3-10(16)14-6-11(15)17/h1-2,5H,3-4,6H2,(H,14,16). The molecule has 1 saturated heterocycles. The van der Waals surface area contributed by atoms with Crippen molar-refractivity contribution >= 4 is 45.0 Å². The second-order valence-corrected chi connectivity index (χ2v) is 4.96. The van der Waals surface area contributed by atoms with Gasteiger partial charge in [0.25, 0.3) is 0 Å². The Balaban J connectivity index is 2.31. The van der Waals surface area contributed by atoms with Gasteiger partial charge in [0, 0.05) is 22.5 Å². The van der Waals surface area contributed by atoms with Crippen LogP contribution in [-0.4, -0.2) is 24.9 Å². The lowest BCUT2D eigenvalue weighted by Crippen LogP contribution is -2.35. The van der Waals surface area contributed by atoms with Gasteiger partial charge in [-0.15, -0.1) is 0 Å². The molecule has 17 heavy (non-hydrogen) atoms. The summed E-state index contributed by atoms with van der Waals surface area (Å²) in [6.45, 7) is 0.415. The van der Waals surface area contributed by atoms with Crippen LogP contribution in [0.4, 0.5) is 5.69 Å². The Bertz CT molecular complexity index is 479. The van der Waals surface area contributed by atoms with Gasteiger partial charge in [-0.2, -0.15) is 0 Å². The summed E-state index contributed by atoms with van der Waals surface area (Å²) in [5.74, 6) is -0.232. The van der Waals surface area contributed by atoms with Crippen molar-refractivity contribution in [2.45, 2.75) is 6.42 Å². The highest BCUT2D eigenvalue weighted by atomic mass is 79.9. The molecule has 90 valence electrons. The highest BCUT2D eigenvalue weighted by Crippen LogP contribution is 2.29. The van der Waals surface area contributed by atoms with E-state index in [1.165, 1.54) is 0 Å². The highest BCUT2D eigenvalue weighted by Gasteiger charge is 2.22. The van der Waals surface area contributed by atoms with Crippen LogP contribution < -0.4 is 10.2 Å². The van der Waals surface area contributed by atoms with Gasteiger partial charge in [0.15, 0.2) is 0 Å². The monoisotopic (exact) mass is 316 g/mol. The van der Waals surface area contributed by atoms with Gasteiger partial charge in [-0.05, 0) is 34.1 Å². The van der Waals surface area contributed by atoms with Crippen molar-refractivity contribution in [1.82, 2.24) is 5.32 Å². The van der Waals surface area contributed by atoms with E-state index in [9.17, 15) is 9.59 Å². The number of halogens is 2. The maximum Gasteiger partial charge on any atom is 0.246 e. The fraction of sp³-hybridized carbons (Fsp3) is 0.273. The zero-order valence-electron chi connectivity index (χ0n) is 8.87. The molecule has 0 unspecified atom stereocenters. The fourth-order valence-electron chi connectivity index (χ4n) is 1.65. The first-order valence-electron chi connectivity index (χ1n) is 5.10. The van der Waals surface area contributed by atoms with Gasteiger partial charge >= 0.3 is 0 Å². The Hall–Kier alpha value is -1.07. The number of anilines is 1. The van der Waals surface area contributed by atoms with Crippen LogP contribution in [0.2, 0.25) is 5.02 Å². The molecule has 0 spiro atoms. The van der Waals surface area contributed by atoms with Gasteiger partial charge in [0.1, 0.15) is 0 Å². The molecule has 0 aromatic heterocycles. The Kier molecular flexibility index (Phi) is 3.69. The molecule has 0 saturated carbocycles. The minimum atomic E-state index is -0.126. The van der Waals surface area contributed by atoms with Crippen molar-refractivity contribution in [1.29, 1.82) is 0 Å². The molecule has 1 aromatic rings. The third-order valence-corrected chi connectivity index (χ3v) is 3.37. The summed E-state index contributed by atoms with van der Waals surface area (Å²) in [4.78, 5) is 24.7. The van der Waals surface area contributed by atoms with Crippen molar-refractivity contribution in [3.63, 3.8) is 0 Å². The van der Waals surface area contributed by atoms with Crippen molar-refractivity contribution in [2.24, 2.45) is 0 Å². The van der Waals surface area contributed by atoms with E-state index in [4.69, 9.17) is 11.6 Å². The second kappa shape index (κ2) is 5.06. The van der Waals surface area contributed by atoms with Gasteiger partial charge in [0.05, 0.1) is 12.2 Å². The number of benzene rings is 1. The molecular formula is C11H10BrClN2O2. The molecule has 1 aromatic carbocycles. The predicted octanol–water partition coefficient (Wildman–Crippen LogP) is 1.96. The molecular weight excluding hydrogens is 307 g/mol. The van der Waals surface area contributed by atoms with Gasteiger partial charge in [-0.1, -0.05) is 11.6 Å². The zero-order valence-corrected chi connectivity index (χ0v) is 11.2. The van der Waals surface area contributed by atoms with Crippen LogP contribution in [0.25, 0.3) is 0 Å². The average Bonchev–Trinajstić information content (AvgIpc) is 2.43. The van der Waals surface area contributed by atoms with Gasteiger partial charge in [-0.25, -0.2) is 0 Å². The lowest BCUT2D eigenvalue weighted by Gasteiger charge is -2.21. The predicted molar refractivity (Wildman–Crippen MR) is 69.1 cm³/mol. The van der Waals surface area contributed by atoms with Crippen LogP contribution in [0.15, 0.2) is 22.7 Å². The van der Waals surface area contributed by atoms with Gasteiger partial charge in [-0.3, -0.25) is 9.59 Å². The molecule has 1 aliphatic heterocycles. The summed E-state index contributed by atoms with van der Waals surface area (Å²) in [5.41, 5.74) is 0.732. The average molecular weight is 318 g/mol. The van der Waals surface area contributed by atoms with E-state index < -0.39 is 0 Å². The molecule has 1 fully saturated rings. The molecule has 1 N–H and O–H groups in total. The summed E-state index contributed by atoms with van der Waals surface area (Å²) in [6.07, 6.45) is 0.306. The van der Waals surface area contributed by atoms with Crippen LogP contribution >= 0.6 is 27.5 Å². The van der Waals surface area contributed by atoms with E-state index in [-0.39, 0.29) is 18.4 Å². The van der Waals surface area contributed by atoms with Crippen LogP contribution in [0.1, 0.15) is 6.42 Å². The molecule has 2 amide bonds. The number of carbonyl (C=O) groups is 2. The smallest absolute Gasteiger partial charge is 0.246 e. The first kappa shape index (κ1) is 12.4. The molecule has 0 bridgehead atoms. The summed E-state index contributed by atoms with van der Waals surface area (Å²) < 4.78 is 0.743. The third-order valence-electron chi connectivity index (χ3n) is 2.50. The quantitative estimate of drug-likeness (QED) is 0.861. The van der Waals surface area contributed by atoms with Crippen LogP contribution in [0.3, 0.4) is 0 Å². The second-order valence-electron chi connectivity index (χ2n) is 3.67. The maximum atomic E-state index is 11.9. The van der Waals surface area contributed by atoms with Gasteiger partial charge in [0.2, 0.25) is 11.8 Å². The van der Waals surface area contributed by atoms with Crippen molar-refractivity contribution in [2.75, 3.05) is 18.0 Å². The molecule has 1 aliphatic rings. The van der Waals surface area contributed by atoms with Crippen LogP contribution in [-0.2, 0) is 9.59 Å². The Morgan fingerprint density at radius 2 is 2.12 bits per heavy atom. The molecule has 0 atom stereocenters. The fourth-order valence-corrected chi connectivity index (χ4v) is 2.55. The summed E-state index contributed by atoms with van der Waals surface area (Å²) in [6, 6.07) is 5.21. The topological polar surface area (TPSA) is 49.4 Å². The molecule has 0 radical (unpaired) electrons. The minimum Gasteiger partial charge on any atom is -0.347 e. The Morgan fingerprint density at radius 3 is 2.82 bits per heavy atom. The minimum absolute atomic E-state index is 0.0356. The number of amides is 2. The van der Waals surface area contributed by atoms with E-state index in [1.807, 2.05) is 0 Å². The lowest BCUT2D eigenvalue weighted by atomic mass is 10.2. The molecule has 1 heterocycles. The number of hydrogen-bond acceptors (Lipinski definition) is 2. The lowest BCUT2D eigenvalue weighted by molar-refractivity contribution is -0.123. The molecule has 6 heteroatoms. The Morgan fingerprint density at radius 1 is 1.35 bits per heavy atom. The Labute approximate surface area is 112 Å². The molecule has 2 rings (SSSR count). The van der Waals surface area contributed by atoms with E-state index >= 15 is 0 Å². The van der Waals surface area contributed by atoms with Crippen LogP contribution in [0, 0.1) is 0 Å². The van der Waals surface area contributed by atoms with E-state index in [2.05, 4.69) is 21.2 Å². The summed E-state index contributed by atoms with van der Waals surface area (Å²) in [5, 5.41) is 3.15. The largest absolute Gasteiger partial charge is 0.347 e. The number of carbonyl (C=O) groups excluding carboxylic acids is 2. The van der Waals surface area contributed by atoms with Crippen molar-refractivity contribution in [3.05, 3.63) is 27.7 Å². The SMILES string of the molecule is O=C1CCN(c2ccc(Cl)cc2Br)C(=O)CN1. The normalized spacial score (nSPS) is 16.7. The van der Waals surface area contributed by atoms with Crippen molar-refractivity contribution < 1.29 is 9.59 Å². The number of rotatable bonds is 1. The van der Waals surface area contributed by atoms with Crippen LogP contribution in [0.5, 0.6) is 0 Å². The first-order chi connectivity index (χ1) is 8.08. The van der Waals surface area contributed by atoms with E-state index in [0.717, 1.165) is 10.2 Å². The van der Waals surface area contributed by atoms with E-state index in [0.29, 0.717) is 18.0 Å². The van der Waals surface area contributed by atoms with E-state index in [1.54, 1.807) is 23.1 Å². The molecule has 4 nitrogen and oxygen atoms in total. The highest BCUT2D eigenvalue weighted by molar-refractivity contribution is 9.10. The summed E-state index contributed by atoms with van der Waals surface area (Å²) in [7, 11) is 0. The zero-order chi connectivity index (χ0) is 12.4. The third kappa shape index (κ3) is 2.79. The number of nitrogens with zero attached hydrogens (tertiary/aromatic N) is 1. The summed E-state index contributed by atoms with van der Waals surface area (Å²) >= 11 is 9.21. The number of nitrogens with one attached hydrogen (secondary N) is 1. The maximum absolute atomic E-state index is 11.9.